The molecular formula is C37H45FN6O8. The molecule has 1 saturated heterocycles. The van der Waals surface area contributed by atoms with E-state index in [1.54, 1.807) is 22.9 Å². The lowest BCUT2D eigenvalue weighted by molar-refractivity contribution is -0.128. The summed E-state index contributed by atoms with van der Waals surface area (Å²) in [6, 6.07) is 8.17. The van der Waals surface area contributed by atoms with Gasteiger partial charge in [0.25, 0.3) is 18.3 Å². The standard InChI is InChI=1S/C36H43FN6O6.CH2O2/c1-4-10-42-20-34(45)38-32-18-43(22(2)44)19-33(32)48-21-23-11-26(37)16-27(12-23)49-28-14-24(13-25(15-28)36(42)47)35(46)41(3)17-31-29-8-6-5-7-9-30(29)39-40-31;2-1-3/h11-16,32-33H,4-10,17-21H2,1-3H3,(H,38,45)(H,39,40);1H,(H,2,3)/t32-,33-;/m1./s1. The Balaban J connectivity index is 0.00000168. The maximum absolute atomic E-state index is 14.9. The molecule has 15 heteroatoms. The summed E-state index contributed by atoms with van der Waals surface area (Å²) in [5.41, 5.74) is 3.93. The molecule has 14 nitrogen and oxygen atoms in total. The molecule has 0 spiro atoms. The highest BCUT2D eigenvalue weighted by molar-refractivity contribution is 6.01. The van der Waals surface area contributed by atoms with E-state index in [4.69, 9.17) is 19.4 Å². The summed E-state index contributed by atoms with van der Waals surface area (Å²) in [4.78, 5) is 66.4. The Bertz CT molecular complexity index is 1800. The zero-order chi connectivity index (χ0) is 37.4. The fourth-order valence-electron chi connectivity index (χ4n) is 6.85. The highest BCUT2D eigenvalue weighted by Crippen LogP contribution is 2.29. The molecule has 2 atom stereocenters. The number of H-pyrrole nitrogens is 1. The van der Waals surface area contributed by atoms with Crippen molar-refractivity contribution in [1.82, 2.24) is 30.2 Å². The van der Waals surface area contributed by atoms with Gasteiger partial charge in [0.15, 0.2) is 0 Å². The number of halogens is 1. The lowest BCUT2D eigenvalue weighted by atomic mass is 10.1. The molecule has 2 aliphatic heterocycles. The maximum Gasteiger partial charge on any atom is 0.290 e. The quantitative estimate of drug-likeness (QED) is 0.263. The molecule has 3 aliphatic rings. The van der Waals surface area contributed by atoms with Crippen molar-refractivity contribution in [3.8, 4) is 11.5 Å². The minimum Gasteiger partial charge on any atom is -0.483 e. The topological polar surface area (TPSA) is 174 Å². The number of hydrogen-bond acceptors (Lipinski definition) is 8. The van der Waals surface area contributed by atoms with Gasteiger partial charge >= 0.3 is 0 Å². The third kappa shape index (κ3) is 9.32. The number of benzene rings is 2. The largest absolute Gasteiger partial charge is 0.483 e. The second kappa shape index (κ2) is 17.3. The van der Waals surface area contributed by atoms with Gasteiger partial charge in [-0.3, -0.25) is 29.1 Å². The third-order valence-corrected chi connectivity index (χ3v) is 9.33. The van der Waals surface area contributed by atoms with Crippen LogP contribution < -0.4 is 10.1 Å². The first-order valence-corrected chi connectivity index (χ1v) is 17.5. The molecule has 52 heavy (non-hydrogen) atoms. The molecule has 3 aromatic rings. The van der Waals surface area contributed by atoms with Gasteiger partial charge in [-0.05, 0) is 73.6 Å². The van der Waals surface area contributed by atoms with Gasteiger partial charge < -0.3 is 34.6 Å². The van der Waals surface area contributed by atoms with Crippen LogP contribution in [0, 0.1) is 5.82 Å². The van der Waals surface area contributed by atoms with Crippen LogP contribution in [0.2, 0.25) is 0 Å². The van der Waals surface area contributed by atoms with Crippen molar-refractivity contribution in [3.63, 3.8) is 0 Å². The number of nitrogens with zero attached hydrogens (tertiary/aromatic N) is 4. The predicted molar refractivity (Wildman–Crippen MR) is 186 cm³/mol. The number of aryl methyl sites for hydroxylation is 1. The molecule has 0 radical (unpaired) electrons. The second-order valence-corrected chi connectivity index (χ2v) is 13.3. The van der Waals surface area contributed by atoms with E-state index < -0.39 is 29.8 Å². The number of carbonyl (C=O) groups is 5. The molecule has 0 saturated carbocycles. The Morgan fingerprint density at radius 2 is 1.83 bits per heavy atom. The monoisotopic (exact) mass is 720 g/mol. The number of rotatable bonds is 5. The average Bonchev–Trinajstić information content (AvgIpc) is 3.60. The van der Waals surface area contributed by atoms with E-state index in [-0.39, 0.29) is 80.2 Å². The molecule has 1 fully saturated rings. The Kier molecular flexibility index (Phi) is 12.6. The first-order valence-electron chi connectivity index (χ1n) is 17.5. The number of carbonyl (C=O) groups excluding carboxylic acids is 4. The molecule has 1 aliphatic carbocycles. The van der Waals surface area contributed by atoms with Crippen molar-refractivity contribution < 1.29 is 42.9 Å². The third-order valence-electron chi connectivity index (χ3n) is 9.33. The number of ether oxygens (including phenoxy) is 2. The fourth-order valence-corrected chi connectivity index (χ4v) is 6.85. The molecule has 278 valence electrons. The number of aromatic nitrogens is 2. The Labute approximate surface area is 301 Å². The summed E-state index contributed by atoms with van der Waals surface area (Å²) in [6.45, 7) is 3.92. The summed E-state index contributed by atoms with van der Waals surface area (Å²) in [5.74, 6) is -1.62. The van der Waals surface area contributed by atoms with Gasteiger partial charge in [-0.1, -0.05) is 13.3 Å². The Morgan fingerprint density at radius 3 is 2.58 bits per heavy atom. The van der Waals surface area contributed by atoms with Crippen LogP contribution in [0.1, 0.15) is 82.8 Å². The van der Waals surface area contributed by atoms with Gasteiger partial charge in [-0.15, -0.1) is 0 Å². The first-order chi connectivity index (χ1) is 25.0. The van der Waals surface area contributed by atoms with Crippen molar-refractivity contribution >= 4 is 30.1 Å². The van der Waals surface area contributed by atoms with Crippen molar-refractivity contribution in [3.05, 3.63) is 75.9 Å². The smallest absolute Gasteiger partial charge is 0.290 e. The van der Waals surface area contributed by atoms with Gasteiger partial charge in [0.2, 0.25) is 11.8 Å². The van der Waals surface area contributed by atoms with Crippen LogP contribution in [0.15, 0.2) is 36.4 Å². The molecule has 3 heterocycles. The first kappa shape index (κ1) is 37.9. The number of amides is 4. The van der Waals surface area contributed by atoms with Gasteiger partial charge in [0.05, 0.1) is 37.5 Å². The fraction of sp³-hybridized carbons (Fsp3) is 0.459. The Morgan fingerprint density at radius 1 is 1.08 bits per heavy atom. The SMILES string of the molecule is CCCN1CC(=O)N[C@@H]2CN(C(C)=O)C[C@H]2OCc2cc(F)cc(c2)Oc2cc(C(=O)N(C)Cc3n[nH]c4c3CCCCC4)cc(c2)C1=O.O=CO. The van der Waals surface area contributed by atoms with Crippen LogP contribution in [0.25, 0.3) is 0 Å². The van der Waals surface area contributed by atoms with Gasteiger partial charge in [-0.25, -0.2) is 4.39 Å². The molecule has 3 N–H and O–H groups in total. The predicted octanol–water partition coefficient (Wildman–Crippen LogP) is 3.68. The number of likely N-dealkylation sites (tertiary alicyclic amines) is 1. The maximum atomic E-state index is 14.9. The number of hydrogen-bond donors (Lipinski definition) is 3. The van der Waals surface area contributed by atoms with E-state index in [1.807, 2.05) is 6.92 Å². The summed E-state index contributed by atoms with van der Waals surface area (Å²) < 4.78 is 27.1. The zero-order valence-electron chi connectivity index (χ0n) is 29.7. The van der Waals surface area contributed by atoms with E-state index in [9.17, 15) is 23.6 Å². The van der Waals surface area contributed by atoms with Gasteiger partial charge in [0.1, 0.15) is 17.3 Å². The highest BCUT2D eigenvalue weighted by atomic mass is 19.1. The molecule has 0 unspecified atom stereocenters. The lowest BCUT2D eigenvalue weighted by Gasteiger charge is -2.25. The van der Waals surface area contributed by atoms with E-state index in [0.717, 1.165) is 49.1 Å². The van der Waals surface area contributed by atoms with Crippen molar-refractivity contribution in [2.24, 2.45) is 0 Å². The van der Waals surface area contributed by atoms with Gasteiger partial charge in [-0.2, -0.15) is 5.10 Å². The van der Waals surface area contributed by atoms with Crippen LogP contribution >= 0.6 is 0 Å². The van der Waals surface area contributed by atoms with Crippen molar-refractivity contribution in [2.45, 2.75) is 77.7 Å². The summed E-state index contributed by atoms with van der Waals surface area (Å²) in [7, 11) is 1.68. The van der Waals surface area contributed by atoms with Crippen LogP contribution in [0.5, 0.6) is 11.5 Å². The van der Waals surface area contributed by atoms with Crippen LogP contribution in [0.3, 0.4) is 0 Å². The van der Waals surface area contributed by atoms with E-state index in [0.29, 0.717) is 12.0 Å². The normalized spacial score (nSPS) is 18.8. The number of carboxylic acid groups (broad SMARTS) is 1. The number of fused-ring (bicyclic) bond motifs is 6. The highest BCUT2D eigenvalue weighted by Gasteiger charge is 2.36. The minimum atomic E-state index is -0.561. The number of nitrogens with one attached hydrogen (secondary N) is 2. The van der Waals surface area contributed by atoms with E-state index in [1.165, 1.54) is 42.2 Å². The van der Waals surface area contributed by atoms with E-state index >= 15 is 0 Å². The van der Waals surface area contributed by atoms with Crippen LogP contribution in [0.4, 0.5) is 4.39 Å². The summed E-state index contributed by atoms with van der Waals surface area (Å²) in [5, 5.41) is 17.5. The zero-order valence-corrected chi connectivity index (χ0v) is 29.7. The molecular weight excluding hydrogens is 675 g/mol. The summed E-state index contributed by atoms with van der Waals surface area (Å²) in [6.07, 6.45) is 5.20. The molecule has 4 bridgehead atoms. The van der Waals surface area contributed by atoms with Crippen LogP contribution in [-0.2, 0) is 45.1 Å². The molecule has 6 rings (SSSR count). The molecule has 2 aromatic carbocycles. The lowest BCUT2D eigenvalue weighted by Crippen LogP contribution is -2.49. The molecule has 4 amide bonds. The van der Waals surface area contributed by atoms with Crippen molar-refractivity contribution in [2.75, 3.05) is 33.2 Å². The Hall–Kier alpha value is -5.31. The number of aromatic amines is 1. The van der Waals surface area contributed by atoms with E-state index in [2.05, 4.69) is 15.5 Å². The average molecular weight is 721 g/mol. The van der Waals surface area contributed by atoms with Crippen molar-refractivity contribution in [1.29, 1.82) is 0 Å². The minimum absolute atomic E-state index is 0.00279. The van der Waals surface area contributed by atoms with Crippen LogP contribution in [-0.4, -0.2) is 105 Å². The molecule has 1 aromatic heterocycles. The van der Waals surface area contributed by atoms with Gasteiger partial charge in [0, 0.05) is 56.5 Å². The second-order valence-electron chi connectivity index (χ2n) is 13.3. The summed E-state index contributed by atoms with van der Waals surface area (Å²) >= 11 is 0.